The first-order valence-corrected chi connectivity index (χ1v) is 5.66. The molecule has 0 aliphatic carbocycles. The van der Waals surface area contributed by atoms with Crippen LogP contribution < -0.4 is 11.2 Å². The number of nitrogens with two attached hydrogens (primary N) is 1. The first-order chi connectivity index (χ1) is 7.95. The van der Waals surface area contributed by atoms with E-state index in [1.165, 1.54) is 0 Å². The molecular weight excluding hydrogens is 306 g/mol. The molecule has 0 aliphatic heterocycles. The van der Waals surface area contributed by atoms with E-state index < -0.39 is 0 Å². The predicted molar refractivity (Wildman–Crippen MR) is 72.5 cm³/mol. The van der Waals surface area contributed by atoms with Gasteiger partial charge >= 0.3 is 0 Å². The maximum atomic E-state index is 8.65. The van der Waals surface area contributed by atoms with Gasteiger partial charge in [0, 0.05) is 4.47 Å². The third-order valence-corrected chi connectivity index (χ3v) is 3.45. The summed E-state index contributed by atoms with van der Waals surface area (Å²) in [5, 5.41) is 20.0. The van der Waals surface area contributed by atoms with Crippen LogP contribution in [0.5, 0.6) is 0 Å². The van der Waals surface area contributed by atoms with Gasteiger partial charge in [-0.25, -0.2) is 0 Å². The van der Waals surface area contributed by atoms with E-state index in [4.69, 9.17) is 28.0 Å². The molecule has 1 aromatic rings. The second-order valence-corrected chi connectivity index (χ2v) is 4.39. The molecule has 0 fully saturated rings. The van der Waals surface area contributed by atoms with Gasteiger partial charge in [-0.05, 0) is 40.5 Å². The van der Waals surface area contributed by atoms with Crippen molar-refractivity contribution in [3.63, 3.8) is 0 Å². The molecular formula is C10H9BrClN5. The number of nitrogens with zero attached hydrogens (tertiary/aromatic N) is 2. The van der Waals surface area contributed by atoms with Crippen LogP contribution in [0.1, 0.15) is 5.56 Å². The summed E-state index contributed by atoms with van der Waals surface area (Å²) >= 11 is 9.29. The van der Waals surface area contributed by atoms with Crippen molar-refractivity contribution in [1.82, 2.24) is 0 Å². The number of benzene rings is 1. The van der Waals surface area contributed by atoms with Gasteiger partial charge in [-0.2, -0.15) is 10.4 Å². The first-order valence-electron chi connectivity index (χ1n) is 4.49. The van der Waals surface area contributed by atoms with E-state index in [0.717, 1.165) is 10.0 Å². The minimum absolute atomic E-state index is 0.179. The third-order valence-electron chi connectivity index (χ3n) is 1.87. The molecule has 0 unspecified atom stereocenters. The molecule has 17 heavy (non-hydrogen) atoms. The zero-order chi connectivity index (χ0) is 13.0. The van der Waals surface area contributed by atoms with Crippen LogP contribution in [-0.2, 0) is 0 Å². The molecule has 0 radical (unpaired) electrons. The summed E-state index contributed by atoms with van der Waals surface area (Å²) in [6, 6.07) is 5.16. The van der Waals surface area contributed by atoms with E-state index in [2.05, 4.69) is 26.5 Å². The zero-order valence-corrected chi connectivity index (χ0v) is 11.2. The summed E-state index contributed by atoms with van der Waals surface area (Å²) in [6.45, 7) is 1.88. The minimum atomic E-state index is -0.389. The highest BCUT2D eigenvalue weighted by molar-refractivity contribution is 9.10. The average Bonchev–Trinajstić information content (AvgIpc) is 2.26. The topological polar surface area (TPSA) is 98.0 Å². The van der Waals surface area contributed by atoms with Crippen molar-refractivity contribution in [2.75, 3.05) is 5.43 Å². The van der Waals surface area contributed by atoms with Gasteiger partial charge in [0.05, 0.1) is 10.7 Å². The highest BCUT2D eigenvalue weighted by Gasteiger charge is 2.04. The zero-order valence-electron chi connectivity index (χ0n) is 8.88. The maximum Gasteiger partial charge on any atom is 0.201 e. The monoisotopic (exact) mass is 313 g/mol. The summed E-state index contributed by atoms with van der Waals surface area (Å²) in [5.74, 6) is -0.389. The number of hydrogen-bond acceptors (Lipinski definition) is 4. The normalized spacial score (nSPS) is 10.8. The lowest BCUT2D eigenvalue weighted by atomic mass is 10.2. The van der Waals surface area contributed by atoms with Crippen molar-refractivity contribution >= 4 is 44.8 Å². The van der Waals surface area contributed by atoms with Crippen LogP contribution in [0.25, 0.3) is 0 Å². The van der Waals surface area contributed by atoms with Crippen LogP contribution in [0.4, 0.5) is 5.69 Å². The minimum Gasteiger partial charge on any atom is -0.382 e. The predicted octanol–water partition coefficient (Wildman–Crippen LogP) is 2.64. The van der Waals surface area contributed by atoms with Gasteiger partial charge in [0.25, 0.3) is 0 Å². The Kier molecular flexibility index (Phi) is 4.49. The molecule has 0 atom stereocenters. The molecule has 0 saturated carbocycles. The number of anilines is 1. The fourth-order valence-corrected chi connectivity index (χ4v) is 1.55. The van der Waals surface area contributed by atoms with E-state index in [9.17, 15) is 0 Å². The highest BCUT2D eigenvalue weighted by Crippen LogP contribution is 2.29. The van der Waals surface area contributed by atoms with E-state index in [1.54, 1.807) is 18.2 Å². The van der Waals surface area contributed by atoms with E-state index in [-0.39, 0.29) is 11.5 Å². The van der Waals surface area contributed by atoms with E-state index in [1.807, 2.05) is 6.92 Å². The van der Waals surface area contributed by atoms with Crippen molar-refractivity contribution in [3.8, 4) is 6.07 Å². The van der Waals surface area contributed by atoms with Gasteiger partial charge in [0.1, 0.15) is 6.07 Å². The maximum absolute atomic E-state index is 8.65. The Morgan fingerprint density at radius 3 is 2.76 bits per heavy atom. The number of aryl methyl sites for hydroxylation is 1. The van der Waals surface area contributed by atoms with Crippen molar-refractivity contribution in [3.05, 3.63) is 27.2 Å². The lowest BCUT2D eigenvalue weighted by molar-refractivity contribution is 1.31. The SMILES string of the molecule is Cc1cc(N/N=C(\C#N)C(=N)N)cc(Cl)c1Br. The van der Waals surface area contributed by atoms with Crippen molar-refractivity contribution in [2.24, 2.45) is 10.8 Å². The molecule has 0 aliphatic rings. The molecule has 0 heterocycles. The van der Waals surface area contributed by atoms with Crippen LogP contribution in [0, 0.1) is 23.7 Å². The van der Waals surface area contributed by atoms with Gasteiger partial charge in [0.2, 0.25) is 5.71 Å². The van der Waals surface area contributed by atoms with Crippen molar-refractivity contribution in [1.29, 1.82) is 10.7 Å². The third kappa shape index (κ3) is 3.44. The molecule has 88 valence electrons. The largest absolute Gasteiger partial charge is 0.382 e. The Morgan fingerprint density at radius 1 is 1.65 bits per heavy atom. The number of hydrogen-bond donors (Lipinski definition) is 3. The summed E-state index contributed by atoms with van der Waals surface area (Å²) in [5.41, 5.74) is 9.14. The fourth-order valence-electron chi connectivity index (χ4n) is 1.06. The summed E-state index contributed by atoms with van der Waals surface area (Å²) < 4.78 is 0.806. The Balaban J connectivity index is 2.98. The number of hydrazone groups is 1. The summed E-state index contributed by atoms with van der Waals surface area (Å²) in [4.78, 5) is 0. The number of halogens is 2. The molecule has 0 spiro atoms. The summed E-state index contributed by atoms with van der Waals surface area (Å²) in [7, 11) is 0. The van der Waals surface area contributed by atoms with E-state index >= 15 is 0 Å². The van der Waals surface area contributed by atoms with Crippen molar-refractivity contribution < 1.29 is 0 Å². The molecule has 4 N–H and O–H groups in total. The first kappa shape index (κ1) is 13.5. The van der Waals surface area contributed by atoms with Gasteiger partial charge in [-0.15, -0.1) is 0 Å². The lowest BCUT2D eigenvalue weighted by Crippen LogP contribution is -2.21. The Hall–Kier alpha value is -1.58. The molecule has 0 amide bonds. The molecule has 0 bridgehead atoms. The number of rotatable bonds is 3. The van der Waals surface area contributed by atoms with Gasteiger partial charge in [-0.3, -0.25) is 10.8 Å². The Bertz CT molecular complexity index is 509. The molecule has 1 rings (SSSR count). The molecule has 0 aromatic heterocycles. The second kappa shape index (κ2) is 5.66. The quantitative estimate of drug-likeness (QED) is 0.454. The highest BCUT2D eigenvalue weighted by atomic mass is 79.9. The van der Waals surface area contributed by atoms with Crippen LogP contribution in [0.15, 0.2) is 21.7 Å². The molecule has 0 saturated heterocycles. The second-order valence-electron chi connectivity index (χ2n) is 3.19. The number of amidine groups is 1. The van der Waals surface area contributed by atoms with Gasteiger partial charge < -0.3 is 5.73 Å². The van der Waals surface area contributed by atoms with Crippen LogP contribution in [0.3, 0.4) is 0 Å². The van der Waals surface area contributed by atoms with Crippen LogP contribution in [0.2, 0.25) is 5.02 Å². The molecule has 7 heteroatoms. The van der Waals surface area contributed by atoms with E-state index in [0.29, 0.717) is 10.7 Å². The Morgan fingerprint density at radius 2 is 2.29 bits per heavy atom. The lowest BCUT2D eigenvalue weighted by Gasteiger charge is -2.06. The molecule has 5 nitrogen and oxygen atoms in total. The van der Waals surface area contributed by atoms with Crippen LogP contribution >= 0.6 is 27.5 Å². The number of nitriles is 1. The average molecular weight is 315 g/mol. The number of nitrogens with one attached hydrogen (secondary N) is 2. The van der Waals surface area contributed by atoms with Gasteiger partial charge in [0.15, 0.2) is 5.84 Å². The smallest absolute Gasteiger partial charge is 0.201 e. The van der Waals surface area contributed by atoms with Gasteiger partial charge in [-0.1, -0.05) is 11.6 Å². The van der Waals surface area contributed by atoms with Crippen LogP contribution in [-0.4, -0.2) is 11.5 Å². The standard InChI is InChI=1S/C10H9BrClN5/c1-5-2-6(3-7(12)9(5)11)16-17-8(4-13)10(14)15/h2-3,16H,1H3,(H3,14,15)/b17-8+. The van der Waals surface area contributed by atoms with Crippen molar-refractivity contribution in [2.45, 2.75) is 6.92 Å². The summed E-state index contributed by atoms with van der Waals surface area (Å²) in [6.07, 6.45) is 0. The fraction of sp³-hybridized carbons (Fsp3) is 0.100. The molecule has 1 aromatic carbocycles. The Labute approximate surface area is 112 Å².